The van der Waals surface area contributed by atoms with E-state index in [2.05, 4.69) is 20.9 Å². The van der Waals surface area contributed by atoms with E-state index in [1.807, 2.05) is 42.0 Å². The van der Waals surface area contributed by atoms with Crippen molar-refractivity contribution in [2.75, 3.05) is 13.2 Å². The predicted octanol–water partition coefficient (Wildman–Crippen LogP) is 4.95. The highest BCUT2D eigenvalue weighted by Gasteiger charge is 2.45. The Morgan fingerprint density at radius 1 is 1.15 bits per heavy atom. The zero-order chi connectivity index (χ0) is 24.1. The van der Waals surface area contributed by atoms with Gasteiger partial charge in [-0.1, -0.05) is 35.0 Å². The number of ether oxygens (including phenoxy) is 1. The van der Waals surface area contributed by atoms with E-state index in [-0.39, 0.29) is 11.3 Å². The summed E-state index contributed by atoms with van der Waals surface area (Å²) in [5.74, 6) is -0.805. The molecular formula is C26H26BrN3O4. The van der Waals surface area contributed by atoms with E-state index >= 15 is 0 Å². The van der Waals surface area contributed by atoms with Crippen molar-refractivity contribution in [2.24, 2.45) is 0 Å². The Bertz CT molecular complexity index is 1190. The number of aliphatic hydroxyl groups is 1. The second kappa shape index (κ2) is 10.7. The monoisotopic (exact) mass is 523 g/mol. The summed E-state index contributed by atoms with van der Waals surface area (Å²) in [6.45, 7) is 3.64. The number of hydrogen-bond acceptors (Lipinski definition) is 5. The maximum absolute atomic E-state index is 13.1. The lowest BCUT2D eigenvalue weighted by Gasteiger charge is -2.25. The molecule has 1 aromatic heterocycles. The molecule has 2 heterocycles. The van der Waals surface area contributed by atoms with Crippen LogP contribution in [-0.2, 0) is 16.1 Å². The number of imidazole rings is 1. The summed E-state index contributed by atoms with van der Waals surface area (Å²) >= 11 is 3.48. The SMILES string of the molecule is CCCOc1ccc(C(O)=C2C(=O)C(=O)N(CCCn3ccnc3)C2c2cccc(Br)c2)cc1. The molecular weight excluding hydrogens is 498 g/mol. The van der Waals surface area contributed by atoms with Crippen molar-refractivity contribution in [3.63, 3.8) is 0 Å². The molecule has 0 radical (unpaired) electrons. The van der Waals surface area contributed by atoms with Crippen molar-refractivity contribution in [3.05, 3.63) is 88.4 Å². The predicted molar refractivity (Wildman–Crippen MR) is 132 cm³/mol. The number of Topliss-reactive ketones (excluding diaryl/α,β-unsaturated/α-hetero) is 1. The van der Waals surface area contributed by atoms with Crippen molar-refractivity contribution >= 4 is 33.4 Å². The first kappa shape index (κ1) is 23.8. The molecule has 1 fully saturated rings. The molecule has 1 saturated heterocycles. The fourth-order valence-electron chi connectivity index (χ4n) is 4.06. The standard InChI is InChI=1S/C26H26BrN3O4/c1-2-15-34-21-9-7-18(8-10-21)24(31)22-23(19-5-3-6-20(27)16-19)30(26(33)25(22)32)13-4-12-29-14-11-28-17-29/h3,5-11,14,16-17,23,31H,2,4,12-13,15H2,1H3. The highest BCUT2D eigenvalue weighted by atomic mass is 79.9. The van der Waals surface area contributed by atoms with Crippen LogP contribution in [0.15, 0.2) is 77.3 Å². The molecule has 1 aliphatic heterocycles. The quantitative estimate of drug-likeness (QED) is 0.243. The Balaban J connectivity index is 1.68. The van der Waals surface area contributed by atoms with Crippen LogP contribution in [0.3, 0.4) is 0 Å². The maximum Gasteiger partial charge on any atom is 0.295 e. The summed E-state index contributed by atoms with van der Waals surface area (Å²) in [6.07, 6.45) is 6.80. The number of carbonyl (C=O) groups is 2. The van der Waals surface area contributed by atoms with Gasteiger partial charge in [0, 0.05) is 35.5 Å². The Morgan fingerprint density at radius 2 is 1.94 bits per heavy atom. The Labute approximate surface area is 206 Å². The molecule has 2 aromatic carbocycles. The average Bonchev–Trinajstić information content (AvgIpc) is 3.45. The Hall–Kier alpha value is -3.39. The number of aliphatic hydroxyl groups excluding tert-OH is 1. The smallest absolute Gasteiger partial charge is 0.295 e. The van der Waals surface area contributed by atoms with Crippen LogP contribution in [0.1, 0.15) is 36.9 Å². The largest absolute Gasteiger partial charge is 0.507 e. The number of hydrogen-bond donors (Lipinski definition) is 1. The summed E-state index contributed by atoms with van der Waals surface area (Å²) in [5, 5.41) is 11.2. The van der Waals surface area contributed by atoms with Gasteiger partial charge in [-0.05, 0) is 54.8 Å². The van der Waals surface area contributed by atoms with Gasteiger partial charge in [0.25, 0.3) is 11.7 Å². The van der Waals surface area contributed by atoms with Crippen LogP contribution in [0.25, 0.3) is 5.76 Å². The summed E-state index contributed by atoms with van der Waals surface area (Å²) < 4.78 is 8.36. The normalized spacial score (nSPS) is 17.4. The molecule has 1 N–H and O–H groups in total. The maximum atomic E-state index is 13.1. The summed E-state index contributed by atoms with van der Waals surface area (Å²) in [5.41, 5.74) is 1.30. The first-order chi connectivity index (χ1) is 16.5. The van der Waals surface area contributed by atoms with Crippen LogP contribution in [0.2, 0.25) is 0 Å². The summed E-state index contributed by atoms with van der Waals surface area (Å²) in [4.78, 5) is 31.8. The minimum atomic E-state index is -0.684. The number of halogens is 1. The van der Waals surface area contributed by atoms with E-state index in [4.69, 9.17) is 4.74 Å². The summed E-state index contributed by atoms with van der Waals surface area (Å²) in [6, 6.07) is 13.7. The van der Waals surface area contributed by atoms with E-state index < -0.39 is 17.7 Å². The zero-order valence-corrected chi connectivity index (χ0v) is 20.4. The van der Waals surface area contributed by atoms with Gasteiger partial charge in [0.15, 0.2) is 0 Å². The molecule has 34 heavy (non-hydrogen) atoms. The van der Waals surface area contributed by atoms with E-state index in [0.717, 1.165) is 16.5 Å². The third-order valence-corrected chi connectivity index (χ3v) is 6.17. The second-order valence-corrected chi connectivity index (χ2v) is 8.99. The van der Waals surface area contributed by atoms with E-state index in [9.17, 15) is 14.7 Å². The molecule has 4 rings (SSSR count). The van der Waals surface area contributed by atoms with Crippen LogP contribution in [0, 0.1) is 0 Å². The van der Waals surface area contributed by atoms with E-state index in [0.29, 0.717) is 37.4 Å². The minimum Gasteiger partial charge on any atom is -0.507 e. The van der Waals surface area contributed by atoms with Crippen LogP contribution in [0.5, 0.6) is 5.75 Å². The number of nitrogens with zero attached hydrogens (tertiary/aromatic N) is 3. The van der Waals surface area contributed by atoms with Crippen LogP contribution in [-0.4, -0.2) is 44.4 Å². The number of amides is 1. The fourth-order valence-corrected chi connectivity index (χ4v) is 4.48. The Kier molecular flexibility index (Phi) is 7.47. The third-order valence-electron chi connectivity index (χ3n) is 5.68. The number of rotatable bonds is 9. The van der Waals surface area contributed by atoms with Crippen molar-refractivity contribution in [1.29, 1.82) is 0 Å². The average molecular weight is 524 g/mol. The van der Waals surface area contributed by atoms with E-state index in [1.165, 1.54) is 0 Å². The minimum absolute atomic E-state index is 0.0907. The molecule has 0 spiro atoms. The lowest BCUT2D eigenvalue weighted by atomic mass is 9.95. The molecule has 1 unspecified atom stereocenters. The molecule has 1 amide bonds. The van der Waals surface area contributed by atoms with Gasteiger partial charge >= 0.3 is 0 Å². The van der Waals surface area contributed by atoms with Gasteiger partial charge in [-0.15, -0.1) is 0 Å². The van der Waals surface area contributed by atoms with Gasteiger partial charge in [0.05, 0.1) is 24.5 Å². The highest BCUT2D eigenvalue weighted by Crippen LogP contribution is 2.40. The van der Waals surface area contributed by atoms with Crippen LogP contribution >= 0.6 is 15.9 Å². The lowest BCUT2D eigenvalue weighted by molar-refractivity contribution is -0.139. The van der Waals surface area contributed by atoms with Crippen molar-refractivity contribution in [1.82, 2.24) is 14.5 Å². The molecule has 176 valence electrons. The van der Waals surface area contributed by atoms with Gasteiger partial charge in [0.2, 0.25) is 0 Å². The fraction of sp³-hybridized carbons (Fsp3) is 0.269. The van der Waals surface area contributed by atoms with Gasteiger partial charge < -0.3 is 19.3 Å². The molecule has 0 aliphatic carbocycles. The number of likely N-dealkylation sites (tertiary alicyclic amines) is 1. The molecule has 8 heteroatoms. The number of carbonyl (C=O) groups excluding carboxylic acids is 2. The highest BCUT2D eigenvalue weighted by molar-refractivity contribution is 9.10. The molecule has 7 nitrogen and oxygen atoms in total. The molecule has 3 aromatic rings. The van der Waals surface area contributed by atoms with Gasteiger partial charge in [-0.3, -0.25) is 9.59 Å². The molecule has 0 bridgehead atoms. The van der Waals surface area contributed by atoms with Crippen LogP contribution < -0.4 is 4.74 Å². The van der Waals surface area contributed by atoms with E-state index in [1.54, 1.807) is 41.7 Å². The first-order valence-corrected chi connectivity index (χ1v) is 12.0. The van der Waals surface area contributed by atoms with Gasteiger partial charge in [-0.25, -0.2) is 4.98 Å². The topological polar surface area (TPSA) is 84.7 Å². The molecule has 1 atom stereocenters. The van der Waals surface area contributed by atoms with Crippen LogP contribution in [0.4, 0.5) is 0 Å². The number of aromatic nitrogens is 2. The lowest BCUT2D eigenvalue weighted by Crippen LogP contribution is -2.31. The number of aryl methyl sites for hydroxylation is 1. The first-order valence-electron chi connectivity index (χ1n) is 11.2. The third kappa shape index (κ3) is 5.07. The van der Waals surface area contributed by atoms with Crippen molar-refractivity contribution in [2.45, 2.75) is 32.4 Å². The van der Waals surface area contributed by atoms with Gasteiger partial charge in [-0.2, -0.15) is 0 Å². The van der Waals surface area contributed by atoms with Crippen molar-refractivity contribution in [3.8, 4) is 5.75 Å². The molecule has 0 saturated carbocycles. The Morgan fingerprint density at radius 3 is 2.62 bits per heavy atom. The zero-order valence-electron chi connectivity index (χ0n) is 18.9. The second-order valence-electron chi connectivity index (χ2n) is 8.07. The number of ketones is 1. The summed E-state index contributed by atoms with van der Waals surface area (Å²) in [7, 11) is 0. The molecule has 1 aliphatic rings. The van der Waals surface area contributed by atoms with Crippen molar-refractivity contribution < 1.29 is 19.4 Å². The number of benzene rings is 2. The van der Waals surface area contributed by atoms with Gasteiger partial charge in [0.1, 0.15) is 11.5 Å².